The number of amides is 1. The number of rotatable bonds is 7. The Bertz CT molecular complexity index is 290. The van der Waals surface area contributed by atoms with Gasteiger partial charge in [0.15, 0.2) is 0 Å². The van der Waals surface area contributed by atoms with E-state index in [1.807, 2.05) is 12.1 Å². The number of hydrogen-bond acceptors (Lipinski definition) is 4. The standard InChI is InChI=1S/C10H15N3O2/c11-10(14)8-15-5-4-13-7-9-2-1-3-12-6-9/h1-3,6,13H,4-5,7-8H2,(H2,11,14). The minimum absolute atomic E-state index is 0.0193. The van der Waals surface area contributed by atoms with Crippen molar-refractivity contribution in [3.8, 4) is 0 Å². The first-order valence-electron chi connectivity index (χ1n) is 4.74. The van der Waals surface area contributed by atoms with Crippen molar-refractivity contribution in [2.75, 3.05) is 19.8 Å². The maximum atomic E-state index is 10.3. The molecular weight excluding hydrogens is 194 g/mol. The highest BCUT2D eigenvalue weighted by Gasteiger charge is 1.94. The molecule has 0 aliphatic heterocycles. The summed E-state index contributed by atoms with van der Waals surface area (Å²) < 4.78 is 4.98. The summed E-state index contributed by atoms with van der Waals surface area (Å²) >= 11 is 0. The van der Waals surface area contributed by atoms with Crippen LogP contribution in [-0.2, 0) is 16.1 Å². The Balaban J connectivity index is 2.00. The molecule has 0 radical (unpaired) electrons. The van der Waals surface area contributed by atoms with E-state index >= 15 is 0 Å². The van der Waals surface area contributed by atoms with Gasteiger partial charge in [-0.1, -0.05) is 6.07 Å². The van der Waals surface area contributed by atoms with Crippen LogP contribution in [-0.4, -0.2) is 30.6 Å². The molecule has 0 fully saturated rings. The summed E-state index contributed by atoms with van der Waals surface area (Å²) in [7, 11) is 0. The third-order valence-corrected chi connectivity index (χ3v) is 1.72. The molecule has 15 heavy (non-hydrogen) atoms. The zero-order valence-corrected chi connectivity index (χ0v) is 8.48. The Labute approximate surface area is 88.6 Å². The van der Waals surface area contributed by atoms with Crippen LogP contribution in [0.4, 0.5) is 0 Å². The van der Waals surface area contributed by atoms with E-state index in [9.17, 15) is 4.79 Å². The number of nitrogens with one attached hydrogen (secondary N) is 1. The highest BCUT2D eigenvalue weighted by atomic mass is 16.5. The number of carbonyl (C=O) groups is 1. The highest BCUT2D eigenvalue weighted by Crippen LogP contribution is 1.93. The van der Waals surface area contributed by atoms with E-state index in [-0.39, 0.29) is 6.61 Å². The largest absolute Gasteiger partial charge is 0.370 e. The van der Waals surface area contributed by atoms with E-state index < -0.39 is 5.91 Å². The van der Waals surface area contributed by atoms with Crippen molar-refractivity contribution in [2.24, 2.45) is 5.73 Å². The molecule has 0 aliphatic carbocycles. The molecule has 1 aromatic rings. The number of ether oxygens (including phenoxy) is 1. The van der Waals surface area contributed by atoms with Gasteiger partial charge in [0.25, 0.3) is 0 Å². The average molecular weight is 209 g/mol. The first-order valence-corrected chi connectivity index (χ1v) is 4.74. The molecule has 0 bridgehead atoms. The molecular formula is C10H15N3O2. The number of pyridine rings is 1. The third kappa shape index (κ3) is 5.77. The maximum absolute atomic E-state index is 10.3. The van der Waals surface area contributed by atoms with Crippen LogP contribution in [0.3, 0.4) is 0 Å². The van der Waals surface area contributed by atoms with Gasteiger partial charge in [-0.2, -0.15) is 0 Å². The van der Waals surface area contributed by atoms with Gasteiger partial charge in [-0.05, 0) is 11.6 Å². The van der Waals surface area contributed by atoms with Crippen LogP contribution in [0.1, 0.15) is 5.56 Å². The molecule has 1 heterocycles. The molecule has 82 valence electrons. The van der Waals surface area contributed by atoms with Gasteiger partial charge in [0.2, 0.25) is 5.91 Å². The Morgan fingerprint density at radius 1 is 1.60 bits per heavy atom. The Morgan fingerprint density at radius 2 is 2.47 bits per heavy atom. The number of nitrogens with two attached hydrogens (primary N) is 1. The van der Waals surface area contributed by atoms with E-state index in [1.54, 1.807) is 12.4 Å². The number of nitrogens with zero attached hydrogens (tertiary/aromatic N) is 1. The van der Waals surface area contributed by atoms with Gasteiger partial charge in [-0.15, -0.1) is 0 Å². The minimum Gasteiger partial charge on any atom is -0.370 e. The fourth-order valence-electron chi connectivity index (χ4n) is 1.05. The van der Waals surface area contributed by atoms with Gasteiger partial charge in [0.05, 0.1) is 6.61 Å². The van der Waals surface area contributed by atoms with Crippen molar-refractivity contribution in [3.05, 3.63) is 30.1 Å². The van der Waals surface area contributed by atoms with Crippen molar-refractivity contribution in [2.45, 2.75) is 6.54 Å². The van der Waals surface area contributed by atoms with E-state index in [2.05, 4.69) is 10.3 Å². The summed E-state index contributed by atoms with van der Waals surface area (Å²) in [6.45, 7) is 1.88. The van der Waals surface area contributed by atoms with Crippen molar-refractivity contribution in [1.82, 2.24) is 10.3 Å². The zero-order chi connectivity index (χ0) is 10.9. The second-order valence-corrected chi connectivity index (χ2v) is 3.06. The van der Waals surface area contributed by atoms with Crippen LogP contribution in [0.2, 0.25) is 0 Å². The van der Waals surface area contributed by atoms with Crippen molar-refractivity contribution < 1.29 is 9.53 Å². The molecule has 1 aromatic heterocycles. The molecule has 0 atom stereocenters. The van der Waals surface area contributed by atoms with Gasteiger partial charge >= 0.3 is 0 Å². The van der Waals surface area contributed by atoms with Crippen molar-refractivity contribution >= 4 is 5.91 Å². The average Bonchev–Trinajstić information content (AvgIpc) is 2.24. The van der Waals surface area contributed by atoms with E-state index in [0.29, 0.717) is 13.2 Å². The highest BCUT2D eigenvalue weighted by molar-refractivity contribution is 5.74. The zero-order valence-electron chi connectivity index (χ0n) is 8.48. The maximum Gasteiger partial charge on any atom is 0.243 e. The van der Waals surface area contributed by atoms with Crippen LogP contribution in [0.5, 0.6) is 0 Å². The van der Waals surface area contributed by atoms with Gasteiger partial charge in [-0.3, -0.25) is 9.78 Å². The second kappa shape index (κ2) is 6.92. The monoisotopic (exact) mass is 209 g/mol. The number of carbonyl (C=O) groups excluding carboxylic acids is 1. The van der Waals surface area contributed by atoms with Crippen molar-refractivity contribution in [3.63, 3.8) is 0 Å². The van der Waals surface area contributed by atoms with E-state index in [4.69, 9.17) is 10.5 Å². The van der Waals surface area contributed by atoms with Gasteiger partial charge in [-0.25, -0.2) is 0 Å². The summed E-state index contributed by atoms with van der Waals surface area (Å²) in [4.78, 5) is 14.3. The second-order valence-electron chi connectivity index (χ2n) is 3.06. The smallest absolute Gasteiger partial charge is 0.243 e. The van der Waals surface area contributed by atoms with E-state index in [0.717, 1.165) is 12.1 Å². The quantitative estimate of drug-likeness (QED) is 0.603. The summed E-state index contributed by atoms with van der Waals surface area (Å²) in [5, 5.41) is 3.16. The van der Waals surface area contributed by atoms with Gasteiger partial charge < -0.3 is 15.8 Å². The molecule has 0 saturated carbocycles. The lowest BCUT2D eigenvalue weighted by atomic mass is 10.3. The molecule has 0 unspecified atom stereocenters. The van der Waals surface area contributed by atoms with Gasteiger partial charge in [0, 0.05) is 25.5 Å². The first-order chi connectivity index (χ1) is 7.29. The summed E-state index contributed by atoms with van der Waals surface area (Å²) in [5.74, 6) is -0.442. The molecule has 0 spiro atoms. The molecule has 1 rings (SSSR count). The van der Waals surface area contributed by atoms with Gasteiger partial charge in [0.1, 0.15) is 6.61 Å². The molecule has 0 aromatic carbocycles. The SMILES string of the molecule is NC(=O)COCCNCc1cccnc1. The Morgan fingerprint density at radius 3 is 3.13 bits per heavy atom. The molecule has 5 nitrogen and oxygen atoms in total. The van der Waals surface area contributed by atoms with E-state index in [1.165, 1.54) is 0 Å². The lowest BCUT2D eigenvalue weighted by molar-refractivity contribution is -0.122. The fourth-order valence-corrected chi connectivity index (χ4v) is 1.05. The van der Waals surface area contributed by atoms with Crippen LogP contribution in [0, 0.1) is 0 Å². The predicted octanol–water partition coefficient (Wildman–Crippen LogP) is -0.327. The van der Waals surface area contributed by atoms with Crippen LogP contribution >= 0.6 is 0 Å². The summed E-state index contributed by atoms with van der Waals surface area (Å²) in [6.07, 6.45) is 3.54. The molecule has 5 heteroatoms. The number of primary amides is 1. The topological polar surface area (TPSA) is 77.2 Å². The number of hydrogen-bond donors (Lipinski definition) is 2. The fraction of sp³-hybridized carbons (Fsp3) is 0.400. The Hall–Kier alpha value is -1.46. The predicted molar refractivity (Wildman–Crippen MR) is 56.0 cm³/mol. The molecule has 0 aliphatic rings. The molecule has 3 N–H and O–H groups in total. The minimum atomic E-state index is -0.442. The summed E-state index contributed by atoms with van der Waals surface area (Å²) in [5.41, 5.74) is 6.02. The number of aromatic nitrogens is 1. The van der Waals surface area contributed by atoms with Crippen LogP contribution < -0.4 is 11.1 Å². The lowest BCUT2D eigenvalue weighted by Crippen LogP contribution is -2.23. The lowest BCUT2D eigenvalue weighted by Gasteiger charge is -2.04. The Kier molecular flexibility index (Phi) is 5.35. The first kappa shape index (κ1) is 11.6. The third-order valence-electron chi connectivity index (χ3n) is 1.72. The molecule has 1 amide bonds. The normalized spacial score (nSPS) is 10.1. The van der Waals surface area contributed by atoms with Crippen LogP contribution in [0.15, 0.2) is 24.5 Å². The van der Waals surface area contributed by atoms with Crippen LogP contribution in [0.25, 0.3) is 0 Å². The van der Waals surface area contributed by atoms with Crippen molar-refractivity contribution in [1.29, 1.82) is 0 Å². The summed E-state index contributed by atoms with van der Waals surface area (Å²) in [6, 6.07) is 3.88. The molecule has 0 saturated heterocycles.